The monoisotopic (exact) mass is 211 g/mol. The topological polar surface area (TPSA) is 32.5 Å². The molecule has 2 N–H and O–H groups in total. The van der Waals surface area contributed by atoms with Gasteiger partial charge >= 0.3 is 0 Å². The van der Waals surface area contributed by atoms with E-state index in [1.165, 1.54) is 64.7 Å². The van der Waals surface area contributed by atoms with E-state index in [4.69, 9.17) is 5.73 Å². The second-order valence-corrected chi connectivity index (χ2v) is 5.03. The first-order chi connectivity index (χ1) is 7.36. The van der Waals surface area contributed by atoms with Crippen LogP contribution in [0.2, 0.25) is 0 Å². The van der Waals surface area contributed by atoms with Crippen molar-refractivity contribution < 1.29 is 0 Å². The average Bonchev–Trinajstić information content (AvgIpc) is 2.31. The Labute approximate surface area is 93.6 Å². The van der Waals surface area contributed by atoms with E-state index in [9.17, 15) is 0 Å². The lowest BCUT2D eigenvalue weighted by Gasteiger charge is -2.36. The van der Waals surface area contributed by atoms with Gasteiger partial charge in [-0.3, -0.25) is 4.90 Å². The van der Waals surface area contributed by atoms with E-state index in [0.29, 0.717) is 0 Å². The minimum atomic E-state index is 0.281. The SMILES string of the molecule is NC(CN1CCCCC1)N1CCCCC1. The van der Waals surface area contributed by atoms with E-state index in [1.54, 1.807) is 0 Å². The Bertz CT molecular complexity index is 172. The Morgan fingerprint density at radius 1 is 0.800 bits per heavy atom. The fraction of sp³-hybridized carbons (Fsp3) is 1.00. The normalized spacial score (nSPS) is 27.8. The van der Waals surface area contributed by atoms with Crippen LogP contribution in [0.3, 0.4) is 0 Å². The van der Waals surface area contributed by atoms with Gasteiger partial charge in [-0.2, -0.15) is 0 Å². The first-order valence-electron chi connectivity index (χ1n) is 6.58. The number of nitrogens with two attached hydrogens (primary N) is 1. The number of piperidine rings is 2. The van der Waals surface area contributed by atoms with Crippen molar-refractivity contribution >= 4 is 0 Å². The van der Waals surface area contributed by atoms with Gasteiger partial charge in [0.2, 0.25) is 0 Å². The Hall–Kier alpha value is -0.120. The molecule has 0 aromatic rings. The fourth-order valence-electron chi connectivity index (χ4n) is 2.77. The van der Waals surface area contributed by atoms with Crippen molar-refractivity contribution in [3.63, 3.8) is 0 Å². The minimum Gasteiger partial charge on any atom is -0.315 e. The summed E-state index contributed by atoms with van der Waals surface area (Å²) < 4.78 is 0. The summed E-state index contributed by atoms with van der Waals surface area (Å²) in [5.74, 6) is 0. The molecule has 2 aliphatic rings. The Morgan fingerprint density at radius 3 is 1.93 bits per heavy atom. The van der Waals surface area contributed by atoms with Crippen LogP contribution < -0.4 is 5.73 Å². The molecule has 0 aromatic carbocycles. The molecule has 0 spiro atoms. The van der Waals surface area contributed by atoms with Crippen LogP contribution in [0.4, 0.5) is 0 Å². The van der Waals surface area contributed by atoms with E-state index >= 15 is 0 Å². The van der Waals surface area contributed by atoms with Crippen LogP contribution in [-0.4, -0.2) is 48.7 Å². The van der Waals surface area contributed by atoms with Crippen LogP contribution in [0, 0.1) is 0 Å². The highest BCUT2D eigenvalue weighted by atomic mass is 15.3. The molecule has 88 valence electrons. The van der Waals surface area contributed by atoms with Gasteiger partial charge in [0.15, 0.2) is 0 Å². The summed E-state index contributed by atoms with van der Waals surface area (Å²) in [6.07, 6.45) is 8.51. The predicted molar refractivity (Wildman–Crippen MR) is 63.7 cm³/mol. The summed E-state index contributed by atoms with van der Waals surface area (Å²) in [6, 6.07) is 0. The molecular weight excluding hydrogens is 186 g/mol. The van der Waals surface area contributed by atoms with Crippen LogP contribution in [0.15, 0.2) is 0 Å². The van der Waals surface area contributed by atoms with E-state index in [1.807, 2.05) is 0 Å². The van der Waals surface area contributed by atoms with Gasteiger partial charge < -0.3 is 10.6 Å². The van der Waals surface area contributed by atoms with Gasteiger partial charge in [0.05, 0.1) is 6.17 Å². The summed E-state index contributed by atoms with van der Waals surface area (Å²) in [5, 5.41) is 0. The molecule has 1 unspecified atom stereocenters. The second kappa shape index (κ2) is 5.83. The predicted octanol–water partition coefficient (Wildman–Crippen LogP) is 1.24. The Kier molecular flexibility index (Phi) is 4.42. The maximum absolute atomic E-state index is 6.26. The summed E-state index contributed by atoms with van der Waals surface area (Å²) in [5.41, 5.74) is 6.26. The van der Waals surface area contributed by atoms with Crippen LogP contribution in [0.1, 0.15) is 38.5 Å². The van der Waals surface area contributed by atoms with Crippen molar-refractivity contribution in [1.29, 1.82) is 0 Å². The van der Waals surface area contributed by atoms with Crippen molar-refractivity contribution in [2.45, 2.75) is 44.7 Å². The standard InChI is InChI=1S/C12H25N3/c13-12(15-9-5-2-6-10-15)11-14-7-3-1-4-8-14/h12H,1-11,13H2. The molecule has 0 aliphatic carbocycles. The molecule has 2 fully saturated rings. The smallest absolute Gasteiger partial charge is 0.0703 e. The van der Waals surface area contributed by atoms with Crippen molar-refractivity contribution in [3.05, 3.63) is 0 Å². The van der Waals surface area contributed by atoms with E-state index in [-0.39, 0.29) is 6.17 Å². The summed E-state index contributed by atoms with van der Waals surface area (Å²) in [6.45, 7) is 6.05. The molecule has 3 nitrogen and oxygen atoms in total. The molecule has 3 heteroatoms. The highest BCUT2D eigenvalue weighted by Gasteiger charge is 2.20. The first kappa shape index (κ1) is 11.4. The van der Waals surface area contributed by atoms with Crippen molar-refractivity contribution in [2.75, 3.05) is 32.7 Å². The minimum absolute atomic E-state index is 0.281. The maximum atomic E-state index is 6.26. The zero-order valence-electron chi connectivity index (χ0n) is 9.83. The zero-order valence-corrected chi connectivity index (χ0v) is 9.83. The summed E-state index contributed by atoms with van der Waals surface area (Å²) in [7, 11) is 0. The molecular formula is C12H25N3. The lowest BCUT2D eigenvalue weighted by molar-refractivity contribution is 0.111. The van der Waals surface area contributed by atoms with Crippen molar-refractivity contribution in [2.24, 2.45) is 5.73 Å². The zero-order chi connectivity index (χ0) is 10.5. The lowest BCUT2D eigenvalue weighted by Crippen LogP contribution is -2.52. The molecule has 0 bridgehead atoms. The van der Waals surface area contributed by atoms with Gasteiger partial charge in [-0.25, -0.2) is 0 Å². The molecule has 0 amide bonds. The number of rotatable bonds is 3. The lowest BCUT2D eigenvalue weighted by atomic mass is 10.1. The fourth-order valence-corrected chi connectivity index (χ4v) is 2.77. The number of likely N-dealkylation sites (tertiary alicyclic amines) is 2. The highest BCUT2D eigenvalue weighted by molar-refractivity contribution is 4.75. The summed E-state index contributed by atoms with van der Waals surface area (Å²) >= 11 is 0. The first-order valence-corrected chi connectivity index (χ1v) is 6.58. The second-order valence-electron chi connectivity index (χ2n) is 5.03. The van der Waals surface area contributed by atoms with Gasteiger partial charge in [0.25, 0.3) is 0 Å². The third-order valence-electron chi connectivity index (χ3n) is 3.75. The molecule has 2 heterocycles. The van der Waals surface area contributed by atoms with Gasteiger partial charge in [0.1, 0.15) is 0 Å². The van der Waals surface area contributed by atoms with E-state index in [0.717, 1.165) is 6.54 Å². The average molecular weight is 211 g/mol. The Balaban J connectivity index is 1.72. The van der Waals surface area contributed by atoms with Crippen molar-refractivity contribution in [1.82, 2.24) is 9.80 Å². The third-order valence-corrected chi connectivity index (χ3v) is 3.75. The number of hydrogen-bond donors (Lipinski definition) is 1. The highest BCUT2D eigenvalue weighted by Crippen LogP contribution is 2.13. The van der Waals surface area contributed by atoms with Gasteiger partial charge in [-0.15, -0.1) is 0 Å². The van der Waals surface area contributed by atoms with Crippen molar-refractivity contribution in [3.8, 4) is 0 Å². The molecule has 0 saturated carbocycles. The van der Waals surface area contributed by atoms with Gasteiger partial charge in [0, 0.05) is 6.54 Å². The van der Waals surface area contributed by atoms with E-state index in [2.05, 4.69) is 9.80 Å². The van der Waals surface area contributed by atoms with Crippen LogP contribution in [0.25, 0.3) is 0 Å². The molecule has 1 atom stereocenters. The van der Waals surface area contributed by atoms with Crippen LogP contribution in [-0.2, 0) is 0 Å². The summed E-state index contributed by atoms with van der Waals surface area (Å²) in [4.78, 5) is 5.01. The molecule has 2 saturated heterocycles. The quantitative estimate of drug-likeness (QED) is 0.762. The molecule has 0 aromatic heterocycles. The maximum Gasteiger partial charge on any atom is 0.0703 e. The van der Waals surface area contributed by atoms with Gasteiger partial charge in [-0.05, 0) is 51.9 Å². The third kappa shape index (κ3) is 3.44. The molecule has 15 heavy (non-hydrogen) atoms. The van der Waals surface area contributed by atoms with E-state index < -0.39 is 0 Å². The van der Waals surface area contributed by atoms with Crippen LogP contribution in [0.5, 0.6) is 0 Å². The van der Waals surface area contributed by atoms with Crippen LogP contribution >= 0.6 is 0 Å². The Morgan fingerprint density at radius 2 is 1.33 bits per heavy atom. The van der Waals surface area contributed by atoms with Gasteiger partial charge in [-0.1, -0.05) is 12.8 Å². The molecule has 0 radical (unpaired) electrons. The number of nitrogens with zero attached hydrogens (tertiary/aromatic N) is 2. The largest absolute Gasteiger partial charge is 0.315 e. The molecule has 2 aliphatic heterocycles. The molecule has 2 rings (SSSR count). The number of hydrogen-bond acceptors (Lipinski definition) is 3.